The quantitative estimate of drug-likeness (QED) is 0.0887. The Balaban J connectivity index is 3.04. The summed E-state index contributed by atoms with van der Waals surface area (Å²) in [4.78, 5) is 0. The van der Waals surface area contributed by atoms with E-state index in [9.17, 15) is 0 Å². The van der Waals surface area contributed by atoms with Crippen LogP contribution in [0.15, 0.2) is 0 Å². The van der Waals surface area contributed by atoms with Crippen molar-refractivity contribution in [1.82, 2.24) is 0 Å². The fourth-order valence-electron chi connectivity index (χ4n) is 2.57. The summed E-state index contributed by atoms with van der Waals surface area (Å²) in [6.07, 6.45) is 0. The molecule has 0 rings (SSSR count). The van der Waals surface area contributed by atoms with Gasteiger partial charge in [-0.25, -0.2) is 0 Å². The van der Waals surface area contributed by atoms with E-state index in [2.05, 4.69) is 19.6 Å². The van der Waals surface area contributed by atoms with Gasteiger partial charge in [0.2, 0.25) is 0 Å². The predicted molar refractivity (Wildman–Crippen MR) is 147 cm³/mol. The Hall–Kier alpha value is -0.263. The van der Waals surface area contributed by atoms with Gasteiger partial charge in [0.15, 0.2) is 8.32 Å². The van der Waals surface area contributed by atoms with E-state index in [-0.39, 0.29) is 0 Å². The lowest BCUT2D eigenvalue weighted by molar-refractivity contribution is -0.0266. The first-order chi connectivity index (χ1) is 18.6. The van der Waals surface area contributed by atoms with E-state index in [1.807, 2.05) is 0 Å². The van der Waals surface area contributed by atoms with Crippen molar-refractivity contribution >= 4 is 8.32 Å². The standard InChI is InChI=1S/C25H55NO11Si/c1-38(2,3)37-25-24-36-23-22-35-21-20-34-19-18-33-17-16-32-15-14-31-13-12-30-11-10-29-9-8-28-7-6-27-5-4-26/h4-26H2,1-3H3. The van der Waals surface area contributed by atoms with Crippen LogP contribution in [0.2, 0.25) is 19.6 Å². The average Bonchev–Trinajstić information content (AvgIpc) is 2.88. The Morgan fingerprint density at radius 2 is 0.500 bits per heavy atom. The molecule has 13 heteroatoms. The fourth-order valence-corrected chi connectivity index (χ4v) is 3.27. The second-order valence-corrected chi connectivity index (χ2v) is 13.4. The highest BCUT2D eigenvalue weighted by atomic mass is 28.4. The molecule has 12 nitrogen and oxygen atoms in total. The molecule has 0 fully saturated rings. The van der Waals surface area contributed by atoms with Gasteiger partial charge < -0.3 is 57.5 Å². The van der Waals surface area contributed by atoms with Gasteiger partial charge in [0.05, 0.1) is 139 Å². The fraction of sp³-hybridized carbons (Fsp3) is 1.00. The summed E-state index contributed by atoms with van der Waals surface area (Å²) in [5, 5.41) is 0. The first-order valence-electron chi connectivity index (χ1n) is 13.7. The molecule has 0 atom stereocenters. The molecule has 0 aromatic rings. The van der Waals surface area contributed by atoms with E-state index >= 15 is 0 Å². The second kappa shape index (κ2) is 31.3. The Morgan fingerprint density at radius 3 is 0.684 bits per heavy atom. The first kappa shape index (κ1) is 37.7. The summed E-state index contributed by atoms with van der Waals surface area (Å²) < 4.78 is 59.9. The third-order valence-electron chi connectivity index (χ3n) is 4.37. The Kier molecular flexibility index (Phi) is 31.1. The molecule has 0 spiro atoms. The van der Waals surface area contributed by atoms with E-state index in [1.54, 1.807) is 0 Å². The summed E-state index contributed by atoms with van der Waals surface area (Å²) in [7, 11) is -1.44. The Bertz CT molecular complexity index is 448. The summed E-state index contributed by atoms with van der Waals surface area (Å²) in [5.74, 6) is 0. The molecule has 0 aliphatic rings. The normalized spacial score (nSPS) is 12.0. The Morgan fingerprint density at radius 1 is 0.316 bits per heavy atom. The molecule has 0 saturated carbocycles. The van der Waals surface area contributed by atoms with Crippen LogP contribution < -0.4 is 5.73 Å². The first-order valence-corrected chi connectivity index (χ1v) is 17.1. The van der Waals surface area contributed by atoms with Gasteiger partial charge in [0, 0.05) is 6.54 Å². The zero-order valence-corrected chi connectivity index (χ0v) is 25.1. The van der Waals surface area contributed by atoms with E-state index < -0.39 is 8.32 Å². The van der Waals surface area contributed by atoms with Gasteiger partial charge in [-0.2, -0.15) is 0 Å². The highest BCUT2D eigenvalue weighted by molar-refractivity contribution is 6.69. The highest BCUT2D eigenvalue weighted by Gasteiger charge is 2.13. The predicted octanol–water partition coefficient (Wildman–Crippen LogP) is 0.963. The maximum atomic E-state index is 5.71. The summed E-state index contributed by atoms with van der Waals surface area (Å²) in [6.45, 7) is 18.4. The van der Waals surface area contributed by atoms with Crippen LogP contribution in [0.4, 0.5) is 0 Å². The molecule has 230 valence electrons. The van der Waals surface area contributed by atoms with Crippen molar-refractivity contribution < 1.29 is 51.8 Å². The van der Waals surface area contributed by atoms with Crippen molar-refractivity contribution in [2.24, 2.45) is 5.73 Å². The molecule has 0 amide bonds. The van der Waals surface area contributed by atoms with Gasteiger partial charge >= 0.3 is 0 Å². The average molecular weight is 574 g/mol. The molecule has 0 aliphatic carbocycles. The van der Waals surface area contributed by atoms with Crippen molar-refractivity contribution in [3.05, 3.63) is 0 Å². The van der Waals surface area contributed by atoms with Gasteiger partial charge in [-0.15, -0.1) is 0 Å². The molecule has 0 aliphatic heterocycles. The molecular weight excluding hydrogens is 518 g/mol. The number of hydrogen-bond acceptors (Lipinski definition) is 12. The minimum atomic E-state index is -1.44. The van der Waals surface area contributed by atoms with Crippen LogP contribution >= 0.6 is 0 Å². The zero-order valence-electron chi connectivity index (χ0n) is 24.1. The van der Waals surface area contributed by atoms with Crippen molar-refractivity contribution in [2.45, 2.75) is 19.6 Å². The van der Waals surface area contributed by atoms with Gasteiger partial charge in [-0.05, 0) is 19.6 Å². The molecule has 0 aromatic heterocycles. The summed E-state index contributed by atoms with van der Waals surface area (Å²) in [5.41, 5.74) is 5.32. The van der Waals surface area contributed by atoms with Crippen molar-refractivity contribution in [2.75, 3.05) is 145 Å². The number of hydrogen-bond donors (Lipinski definition) is 1. The second-order valence-electron chi connectivity index (χ2n) is 8.87. The van der Waals surface area contributed by atoms with Crippen molar-refractivity contribution in [3.8, 4) is 0 Å². The SMILES string of the molecule is C[Si](C)(C)OCCOCCOCCOCCOCCOCCOCCOCCOCCOCCOCCN. The molecule has 0 aromatic carbocycles. The number of ether oxygens (including phenoxy) is 10. The lowest BCUT2D eigenvalue weighted by Gasteiger charge is -2.16. The third kappa shape index (κ3) is 35.7. The summed E-state index contributed by atoms with van der Waals surface area (Å²) >= 11 is 0. The molecule has 0 heterocycles. The van der Waals surface area contributed by atoms with Gasteiger partial charge in [-0.1, -0.05) is 0 Å². The van der Waals surface area contributed by atoms with E-state index in [0.717, 1.165) is 0 Å². The minimum Gasteiger partial charge on any atom is -0.415 e. The highest BCUT2D eigenvalue weighted by Crippen LogP contribution is 2.01. The third-order valence-corrected chi connectivity index (χ3v) is 5.44. The minimum absolute atomic E-state index is 0.520. The van der Waals surface area contributed by atoms with Crippen LogP contribution in [0.3, 0.4) is 0 Å². The van der Waals surface area contributed by atoms with Crippen molar-refractivity contribution in [1.29, 1.82) is 0 Å². The lowest BCUT2D eigenvalue weighted by Crippen LogP contribution is -2.27. The maximum Gasteiger partial charge on any atom is 0.183 e. The molecule has 0 unspecified atom stereocenters. The van der Waals surface area contributed by atoms with Gasteiger partial charge in [0.1, 0.15) is 0 Å². The van der Waals surface area contributed by atoms with Crippen LogP contribution in [0, 0.1) is 0 Å². The van der Waals surface area contributed by atoms with E-state index in [0.29, 0.717) is 145 Å². The molecule has 0 saturated heterocycles. The molecule has 2 N–H and O–H groups in total. The van der Waals surface area contributed by atoms with Crippen LogP contribution in [0.5, 0.6) is 0 Å². The monoisotopic (exact) mass is 573 g/mol. The maximum absolute atomic E-state index is 5.71. The van der Waals surface area contributed by atoms with Crippen molar-refractivity contribution in [3.63, 3.8) is 0 Å². The number of nitrogens with two attached hydrogens (primary N) is 1. The van der Waals surface area contributed by atoms with E-state index in [4.69, 9.17) is 57.5 Å². The summed E-state index contributed by atoms with van der Waals surface area (Å²) in [6, 6.07) is 0. The largest absolute Gasteiger partial charge is 0.415 e. The molecule has 38 heavy (non-hydrogen) atoms. The Labute approximate surface area is 231 Å². The van der Waals surface area contributed by atoms with Crippen LogP contribution in [0.25, 0.3) is 0 Å². The van der Waals surface area contributed by atoms with Crippen LogP contribution in [0.1, 0.15) is 0 Å². The molecular formula is C25H55NO11Si. The smallest absolute Gasteiger partial charge is 0.183 e. The van der Waals surface area contributed by atoms with Crippen LogP contribution in [-0.2, 0) is 51.8 Å². The van der Waals surface area contributed by atoms with Crippen LogP contribution in [-0.4, -0.2) is 154 Å². The molecule has 0 bridgehead atoms. The zero-order chi connectivity index (χ0) is 27.8. The van der Waals surface area contributed by atoms with E-state index in [1.165, 1.54) is 0 Å². The lowest BCUT2D eigenvalue weighted by atomic mass is 10.6. The molecule has 0 radical (unpaired) electrons. The van der Waals surface area contributed by atoms with Gasteiger partial charge in [-0.3, -0.25) is 0 Å². The number of rotatable bonds is 33. The topological polar surface area (TPSA) is 128 Å². The van der Waals surface area contributed by atoms with Gasteiger partial charge in [0.25, 0.3) is 0 Å².